The molecule has 2 heteroatoms. The number of hydrogen-bond donors (Lipinski definition) is 0. The van der Waals surface area contributed by atoms with Crippen LogP contribution in [-0.4, -0.2) is 17.2 Å². The SMILES string of the molecule is C1#CCN=C(c2ccccn2)C=C1. The molecule has 0 aromatic carbocycles. The van der Waals surface area contributed by atoms with Crippen molar-refractivity contribution in [2.45, 2.75) is 0 Å². The van der Waals surface area contributed by atoms with Gasteiger partial charge in [0.1, 0.15) is 6.54 Å². The van der Waals surface area contributed by atoms with Crippen molar-refractivity contribution in [2.24, 2.45) is 4.99 Å². The van der Waals surface area contributed by atoms with Gasteiger partial charge in [0.25, 0.3) is 0 Å². The van der Waals surface area contributed by atoms with Crippen molar-refractivity contribution in [2.75, 3.05) is 6.54 Å². The fraction of sp³-hybridized carbons (Fsp3) is 0.0909. The largest absolute Gasteiger partial charge is 0.270 e. The highest BCUT2D eigenvalue weighted by Gasteiger charge is 1.99. The number of pyridine rings is 1. The zero-order valence-corrected chi connectivity index (χ0v) is 7.07. The third-order valence-corrected chi connectivity index (χ3v) is 1.68. The number of nitrogens with zero attached hydrogens (tertiary/aromatic N) is 2. The summed E-state index contributed by atoms with van der Waals surface area (Å²) < 4.78 is 0. The first-order valence-electron chi connectivity index (χ1n) is 4.07. The van der Waals surface area contributed by atoms with Gasteiger partial charge in [-0.25, -0.2) is 0 Å². The number of aromatic nitrogens is 1. The van der Waals surface area contributed by atoms with Gasteiger partial charge >= 0.3 is 0 Å². The second-order valence-electron chi connectivity index (χ2n) is 2.57. The third-order valence-electron chi connectivity index (χ3n) is 1.68. The van der Waals surface area contributed by atoms with E-state index in [-0.39, 0.29) is 0 Å². The molecular formula is C11H8N2. The summed E-state index contributed by atoms with van der Waals surface area (Å²) in [4.78, 5) is 8.49. The molecule has 1 aromatic rings. The van der Waals surface area contributed by atoms with Gasteiger partial charge in [-0.2, -0.15) is 0 Å². The average Bonchev–Trinajstić information content (AvgIpc) is 2.47. The lowest BCUT2D eigenvalue weighted by atomic mass is 10.2. The van der Waals surface area contributed by atoms with Crippen LogP contribution in [-0.2, 0) is 0 Å². The zero-order chi connectivity index (χ0) is 8.93. The van der Waals surface area contributed by atoms with Crippen LogP contribution >= 0.6 is 0 Å². The molecule has 0 fully saturated rings. The van der Waals surface area contributed by atoms with Gasteiger partial charge in [-0.1, -0.05) is 17.9 Å². The molecule has 0 amide bonds. The van der Waals surface area contributed by atoms with E-state index in [1.807, 2.05) is 24.3 Å². The molecule has 0 unspecified atom stereocenters. The van der Waals surface area contributed by atoms with Crippen LogP contribution in [0.3, 0.4) is 0 Å². The molecule has 2 heterocycles. The molecular weight excluding hydrogens is 160 g/mol. The van der Waals surface area contributed by atoms with Crippen LogP contribution < -0.4 is 0 Å². The van der Waals surface area contributed by atoms with Crippen molar-refractivity contribution < 1.29 is 0 Å². The molecule has 0 radical (unpaired) electrons. The second kappa shape index (κ2) is 3.68. The molecule has 62 valence electrons. The van der Waals surface area contributed by atoms with Crippen molar-refractivity contribution in [3.8, 4) is 11.8 Å². The molecule has 0 bridgehead atoms. The van der Waals surface area contributed by atoms with Crippen molar-refractivity contribution in [1.82, 2.24) is 4.98 Å². The maximum atomic E-state index is 4.29. The maximum Gasteiger partial charge on any atom is 0.101 e. The molecule has 0 atom stereocenters. The molecule has 0 saturated heterocycles. The van der Waals surface area contributed by atoms with Gasteiger partial charge < -0.3 is 0 Å². The average molecular weight is 168 g/mol. The Morgan fingerprint density at radius 3 is 3.15 bits per heavy atom. The standard InChI is InChI=1S/C11H8N2/c1-2-6-10(12-8-4-1)11-7-3-5-9-13-11/h2-3,5-7,9H,8H2. The minimum atomic E-state index is 0.554. The van der Waals surface area contributed by atoms with Crippen LogP contribution in [0.2, 0.25) is 0 Å². The topological polar surface area (TPSA) is 25.2 Å². The van der Waals surface area contributed by atoms with E-state index in [2.05, 4.69) is 21.8 Å². The van der Waals surface area contributed by atoms with Gasteiger partial charge in [0.05, 0.1) is 11.4 Å². The zero-order valence-electron chi connectivity index (χ0n) is 7.07. The summed E-state index contributed by atoms with van der Waals surface area (Å²) in [5.74, 6) is 5.77. The monoisotopic (exact) mass is 168 g/mol. The Morgan fingerprint density at radius 1 is 1.31 bits per heavy atom. The van der Waals surface area contributed by atoms with Crippen molar-refractivity contribution >= 4 is 5.71 Å². The van der Waals surface area contributed by atoms with Gasteiger partial charge in [0.2, 0.25) is 0 Å². The lowest BCUT2D eigenvalue weighted by Gasteiger charge is -1.97. The highest BCUT2D eigenvalue weighted by molar-refractivity contribution is 6.07. The van der Waals surface area contributed by atoms with E-state index < -0.39 is 0 Å². The molecule has 0 aliphatic carbocycles. The molecule has 1 aliphatic rings. The lowest BCUT2D eigenvalue weighted by molar-refractivity contribution is 1.24. The van der Waals surface area contributed by atoms with E-state index in [1.165, 1.54) is 0 Å². The van der Waals surface area contributed by atoms with Crippen molar-refractivity contribution in [3.63, 3.8) is 0 Å². The highest BCUT2D eigenvalue weighted by atomic mass is 14.8. The van der Waals surface area contributed by atoms with Gasteiger partial charge in [-0.3, -0.25) is 9.98 Å². The van der Waals surface area contributed by atoms with Crippen molar-refractivity contribution in [3.05, 3.63) is 42.2 Å². The van der Waals surface area contributed by atoms with Crippen LogP contribution in [0.25, 0.3) is 0 Å². The normalized spacial score (nSPS) is 14.0. The number of hydrogen-bond acceptors (Lipinski definition) is 2. The molecule has 13 heavy (non-hydrogen) atoms. The van der Waals surface area contributed by atoms with Crippen LogP contribution in [0.1, 0.15) is 5.69 Å². The Hall–Kier alpha value is -1.88. The molecule has 0 saturated carbocycles. The van der Waals surface area contributed by atoms with Crippen LogP contribution in [0.5, 0.6) is 0 Å². The Morgan fingerprint density at radius 2 is 2.31 bits per heavy atom. The quantitative estimate of drug-likeness (QED) is 0.582. The lowest BCUT2D eigenvalue weighted by Crippen LogP contribution is -1.99. The summed E-state index contributed by atoms with van der Waals surface area (Å²) in [6, 6.07) is 5.78. The van der Waals surface area contributed by atoms with E-state index >= 15 is 0 Å². The van der Waals surface area contributed by atoms with E-state index in [4.69, 9.17) is 0 Å². The fourth-order valence-corrected chi connectivity index (χ4v) is 1.08. The molecule has 2 rings (SSSR count). The first-order valence-corrected chi connectivity index (χ1v) is 4.07. The third kappa shape index (κ3) is 1.83. The molecule has 0 N–H and O–H groups in total. The van der Waals surface area contributed by atoms with Gasteiger partial charge in [0, 0.05) is 6.20 Å². The Bertz CT molecular complexity index is 405. The summed E-state index contributed by atoms with van der Waals surface area (Å²) in [5, 5.41) is 0. The Labute approximate surface area is 77.0 Å². The maximum absolute atomic E-state index is 4.29. The van der Waals surface area contributed by atoms with E-state index in [1.54, 1.807) is 12.3 Å². The predicted octanol–water partition coefficient (Wildman–Crippen LogP) is 1.44. The van der Waals surface area contributed by atoms with Crippen LogP contribution in [0.4, 0.5) is 0 Å². The van der Waals surface area contributed by atoms with Crippen molar-refractivity contribution in [1.29, 1.82) is 0 Å². The van der Waals surface area contributed by atoms with Crippen LogP contribution in [0.15, 0.2) is 41.5 Å². The Balaban J connectivity index is 2.33. The predicted molar refractivity (Wildman–Crippen MR) is 52.6 cm³/mol. The van der Waals surface area contributed by atoms with E-state index in [9.17, 15) is 0 Å². The minimum absolute atomic E-state index is 0.554. The number of rotatable bonds is 1. The van der Waals surface area contributed by atoms with Crippen LogP contribution in [0, 0.1) is 11.8 Å². The summed E-state index contributed by atoms with van der Waals surface area (Å²) in [5.41, 5.74) is 1.78. The summed E-state index contributed by atoms with van der Waals surface area (Å²) in [6.45, 7) is 0.554. The fourth-order valence-electron chi connectivity index (χ4n) is 1.08. The highest BCUT2D eigenvalue weighted by Crippen LogP contribution is 1.99. The summed E-state index contributed by atoms with van der Waals surface area (Å²) in [6.07, 6.45) is 5.46. The summed E-state index contributed by atoms with van der Waals surface area (Å²) in [7, 11) is 0. The number of allylic oxidation sites excluding steroid dienone is 2. The van der Waals surface area contributed by atoms with E-state index in [0.717, 1.165) is 11.4 Å². The molecule has 2 nitrogen and oxygen atoms in total. The van der Waals surface area contributed by atoms with Gasteiger partial charge in [0.15, 0.2) is 0 Å². The first kappa shape index (κ1) is 7.75. The minimum Gasteiger partial charge on any atom is -0.270 e. The smallest absolute Gasteiger partial charge is 0.101 e. The molecule has 1 aromatic heterocycles. The number of aliphatic imine (C=N–C) groups is 1. The molecule has 1 aliphatic heterocycles. The van der Waals surface area contributed by atoms with E-state index in [0.29, 0.717) is 6.54 Å². The van der Waals surface area contributed by atoms with Gasteiger partial charge in [-0.15, -0.1) is 0 Å². The van der Waals surface area contributed by atoms with Gasteiger partial charge in [-0.05, 0) is 24.3 Å². The second-order valence-corrected chi connectivity index (χ2v) is 2.57. The summed E-state index contributed by atoms with van der Waals surface area (Å²) >= 11 is 0. The first-order chi connectivity index (χ1) is 6.47. The molecule has 0 spiro atoms. The Kier molecular flexibility index (Phi) is 2.20.